The minimum Gasteiger partial charge on any atom is -0.496 e. The van der Waals surface area contributed by atoms with Gasteiger partial charge in [-0.05, 0) is 69.0 Å². The molecule has 2 atom stereocenters. The summed E-state index contributed by atoms with van der Waals surface area (Å²) in [4.78, 5) is 31.5. The lowest BCUT2D eigenvalue weighted by Crippen LogP contribution is -2.49. The second-order valence-corrected chi connectivity index (χ2v) is 8.67. The average Bonchev–Trinajstić information content (AvgIpc) is 3.22. The summed E-state index contributed by atoms with van der Waals surface area (Å²) in [5.74, 6) is 1.06. The van der Waals surface area contributed by atoms with Crippen LogP contribution in [0.5, 0.6) is 17.2 Å². The number of carbonyl (C=O) groups excluding carboxylic acids is 2. The Morgan fingerprint density at radius 2 is 1.77 bits per heavy atom. The van der Waals surface area contributed by atoms with Gasteiger partial charge in [-0.3, -0.25) is 4.79 Å². The van der Waals surface area contributed by atoms with E-state index < -0.39 is 5.97 Å². The van der Waals surface area contributed by atoms with Crippen LogP contribution in [0.4, 0.5) is 0 Å². The van der Waals surface area contributed by atoms with Crippen molar-refractivity contribution in [2.75, 3.05) is 20.8 Å². The van der Waals surface area contributed by atoms with Gasteiger partial charge in [0.2, 0.25) is 5.90 Å². The van der Waals surface area contributed by atoms with E-state index in [4.69, 9.17) is 18.9 Å². The highest BCUT2D eigenvalue weighted by atomic mass is 16.6. The number of amides is 1. The molecule has 184 valence electrons. The molecule has 0 unspecified atom stereocenters. The van der Waals surface area contributed by atoms with Gasteiger partial charge in [-0.2, -0.15) is 0 Å². The molecule has 0 saturated carbocycles. The molecule has 1 fully saturated rings. The fraction of sp³-hybridized carbons (Fsp3) is 0.370. The highest BCUT2D eigenvalue weighted by Crippen LogP contribution is 2.31. The molecular formula is C27H30N2O6. The van der Waals surface area contributed by atoms with Crippen LogP contribution in [0.1, 0.15) is 44.2 Å². The van der Waals surface area contributed by atoms with Crippen LogP contribution in [0, 0.1) is 0 Å². The number of likely N-dealkylation sites (tertiary alicyclic amines) is 1. The van der Waals surface area contributed by atoms with Crippen molar-refractivity contribution < 1.29 is 28.5 Å². The number of cyclic esters (lactones) is 1. The molecule has 2 aromatic carbocycles. The lowest BCUT2D eigenvalue weighted by molar-refractivity contribution is -0.139. The van der Waals surface area contributed by atoms with Crippen molar-refractivity contribution >= 4 is 23.9 Å². The predicted molar refractivity (Wildman–Crippen MR) is 132 cm³/mol. The summed E-state index contributed by atoms with van der Waals surface area (Å²) >= 11 is 0. The average molecular weight is 479 g/mol. The monoisotopic (exact) mass is 478 g/mol. The van der Waals surface area contributed by atoms with Crippen molar-refractivity contribution in [2.24, 2.45) is 4.99 Å². The summed E-state index contributed by atoms with van der Waals surface area (Å²) in [6.07, 6.45) is 4.76. The van der Waals surface area contributed by atoms with E-state index in [2.05, 4.69) is 18.8 Å². The molecule has 8 nitrogen and oxygen atoms in total. The number of methoxy groups -OCH3 is 2. The van der Waals surface area contributed by atoms with Crippen LogP contribution in [-0.4, -0.2) is 55.6 Å². The molecule has 0 aliphatic carbocycles. The number of benzene rings is 2. The Hall–Kier alpha value is -3.81. The van der Waals surface area contributed by atoms with E-state index in [1.165, 1.54) is 7.11 Å². The first-order valence-electron chi connectivity index (χ1n) is 11.7. The Morgan fingerprint density at radius 1 is 1.06 bits per heavy atom. The minimum absolute atomic E-state index is 0.0372. The van der Waals surface area contributed by atoms with E-state index in [1.54, 1.807) is 43.5 Å². The zero-order valence-electron chi connectivity index (χ0n) is 20.4. The first kappa shape index (κ1) is 24.3. The molecule has 2 heterocycles. The molecule has 0 bridgehead atoms. The summed E-state index contributed by atoms with van der Waals surface area (Å²) < 4.78 is 22.0. The molecule has 0 N–H and O–H groups in total. The molecule has 0 radical (unpaired) electrons. The van der Waals surface area contributed by atoms with E-state index >= 15 is 0 Å². The molecule has 35 heavy (non-hydrogen) atoms. The van der Waals surface area contributed by atoms with Gasteiger partial charge in [-0.1, -0.05) is 18.2 Å². The van der Waals surface area contributed by atoms with Gasteiger partial charge in [-0.15, -0.1) is 0 Å². The predicted octanol–water partition coefficient (Wildman–Crippen LogP) is 4.22. The fourth-order valence-corrected chi connectivity index (χ4v) is 4.52. The Morgan fingerprint density at radius 3 is 2.49 bits per heavy atom. The fourth-order valence-electron chi connectivity index (χ4n) is 4.52. The zero-order valence-corrected chi connectivity index (χ0v) is 20.4. The molecule has 8 heteroatoms. The first-order chi connectivity index (χ1) is 16.9. The molecule has 0 aromatic heterocycles. The van der Waals surface area contributed by atoms with Gasteiger partial charge in [0.15, 0.2) is 23.8 Å². The molecule has 2 aliphatic rings. The first-order valence-corrected chi connectivity index (χ1v) is 11.7. The normalized spacial score (nSPS) is 20.9. The summed E-state index contributed by atoms with van der Waals surface area (Å²) in [6, 6.07) is 12.8. The zero-order chi connectivity index (χ0) is 24.9. The topological polar surface area (TPSA) is 86.7 Å². The third kappa shape index (κ3) is 5.31. The van der Waals surface area contributed by atoms with Crippen molar-refractivity contribution in [1.29, 1.82) is 0 Å². The van der Waals surface area contributed by atoms with Gasteiger partial charge in [0.1, 0.15) is 5.75 Å². The Kier molecular flexibility index (Phi) is 7.39. The van der Waals surface area contributed by atoms with Crippen molar-refractivity contribution in [1.82, 2.24) is 4.90 Å². The third-order valence-electron chi connectivity index (χ3n) is 6.28. The number of para-hydroxylation sites is 1. The molecule has 4 rings (SSSR count). The number of piperidine rings is 1. The van der Waals surface area contributed by atoms with Gasteiger partial charge < -0.3 is 23.8 Å². The van der Waals surface area contributed by atoms with Crippen LogP contribution >= 0.6 is 0 Å². The van der Waals surface area contributed by atoms with Gasteiger partial charge in [0.05, 0.1) is 19.8 Å². The highest BCUT2D eigenvalue weighted by molar-refractivity contribution is 6.13. The molecule has 2 aromatic rings. The van der Waals surface area contributed by atoms with E-state index in [-0.39, 0.29) is 36.2 Å². The standard InChI is InChI=1S/C27H30N2O6/c1-17-8-7-9-18(2)29(17)25(30)16-34-23-13-12-19(15-24(23)33-4)14-21-27(31)35-26(28-21)20-10-5-6-11-22(20)32-3/h5-6,10-15,17-18H,7-9,16H2,1-4H3/b21-14-/t17-,18-/m1/s1. The molecule has 0 spiro atoms. The SMILES string of the molecule is COc1cc(/C=C2\N=C(c3ccccc3OC)OC2=O)ccc1OCC(=O)N1[C@H](C)CCC[C@H]1C. The van der Waals surface area contributed by atoms with Crippen molar-refractivity contribution in [3.63, 3.8) is 0 Å². The van der Waals surface area contributed by atoms with Crippen molar-refractivity contribution in [2.45, 2.75) is 45.2 Å². The Bertz CT molecular complexity index is 1160. The van der Waals surface area contributed by atoms with Crippen LogP contribution in [0.15, 0.2) is 53.2 Å². The number of hydrogen-bond donors (Lipinski definition) is 0. The van der Waals surface area contributed by atoms with E-state index in [9.17, 15) is 9.59 Å². The Labute approximate surface area is 205 Å². The third-order valence-corrected chi connectivity index (χ3v) is 6.28. The molecular weight excluding hydrogens is 448 g/mol. The number of nitrogens with zero attached hydrogens (tertiary/aromatic N) is 2. The maximum Gasteiger partial charge on any atom is 0.363 e. The summed E-state index contributed by atoms with van der Waals surface area (Å²) in [7, 11) is 3.07. The highest BCUT2D eigenvalue weighted by Gasteiger charge is 2.29. The number of rotatable bonds is 7. The van der Waals surface area contributed by atoms with Crippen molar-refractivity contribution in [3.8, 4) is 17.2 Å². The quantitative estimate of drug-likeness (QED) is 0.438. The second kappa shape index (κ2) is 10.6. The maximum absolute atomic E-state index is 12.8. The maximum atomic E-state index is 12.8. The largest absolute Gasteiger partial charge is 0.496 e. The number of aliphatic imine (C=N–C) groups is 1. The Balaban J connectivity index is 1.49. The summed E-state index contributed by atoms with van der Waals surface area (Å²) in [6.45, 7) is 4.09. The molecule has 1 saturated heterocycles. The van der Waals surface area contributed by atoms with E-state index in [1.807, 2.05) is 17.0 Å². The summed E-state index contributed by atoms with van der Waals surface area (Å²) in [5.41, 5.74) is 1.43. The van der Waals surface area contributed by atoms with Crippen LogP contribution in [0.2, 0.25) is 0 Å². The van der Waals surface area contributed by atoms with E-state index in [0.29, 0.717) is 28.4 Å². The minimum atomic E-state index is -0.555. The lowest BCUT2D eigenvalue weighted by atomic mass is 9.97. The van der Waals surface area contributed by atoms with Gasteiger partial charge in [-0.25, -0.2) is 9.79 Å². The van der Waals surface area contributed by atoms with Crippen molar-refractivity contribution in [3.05, 3.63) is 59.3 Å². The number of ether oxygens (including phenoxy) is 4. The van der Waals surface area contributed by atoms with E-state index in [0.717, 1.165) is 19.3 Å². The van der Waals surface area contributed by atoms with Gasteiger partial charge in [0.25, 0.3) is 5.91 Å². The lowest BCUT2D eigenvalue weighted by Gasteiger charge is -2.39. The van der Waals surface area contributed by atoms with Crippen LogP contribution in [0.25, 0.3) is 6.08 Å². The summed E-state index contributed by atoms with van der Waals surface area (Å²) in [5, 5.41) is 0. The number of esters is 1. The molecule has 2 aliphatic heterocycles. The number of hydrogen-bond acceptors (Lipinski definition) is 7. The van der Waals surface area contributed by atoms with Gasteiger partial charge in [0, 0.05) is 12.1 Å². The van der Waals surface area contributed by atoms with Crippen LogP contribution < -0.4 is 14.2 Å². The number of carbonyl (C=O) groups is 2. The van der Waals surface area contributed by atoms with Gasteiger partial charge >= 0.3 is 5.97 Å². The molecule has 1 amide bonds. The smallest absolute Gasteiger partial charge is 0.363 e. The van der Waals surface area contributed by atoms with Crippen LogP contribution in [0.3, 0.4) is 0 Å². The second-order valence-electron chi connectivity index (χ2n) is 8.67. The van der Waals surface area contributed by atoms with Crippen LogP contribution in [-0.2, 0) is 14.3 Å².